The maximum atomic E-state index is 13.5. The zero-order chi connectivity index (χ0) is 35.0. The van der Waals surface area contributed by atoms with E-state index in [2.05, 4.69) is 0 Å². The van der Waals surface area contributed by atoms with Crippen molar-refractivity contribution in [3.05, 3.63) is 107 Å². The van der Waals surface area contributed by atoms with Gasteiger partial charge in [0, 0.05) is 37.6 Å². The first kappa shape index (κ1) is 34.3. The minimum Gasteiger partial charge on any atom is -0.481 e. The van der Waals surface area contributed by atoms with Gasteiger partial charge in [-0.05, 0) is 89.3 Å². The van der Waals surface area contributed by atoms with E-state index >= 15 is 0 Å². The average Bonchev–Trinajstić information content (AvgIpc) is 2.94. The summed E-state index contributed by atoms with van der Waals surface area (Å²) in [5.74, 6) is -3.48. The second-order valence-corrected chi connectivity index (χ2v) is 11.8. The van der Waals surface area contributed by atoms with Crippen LogP contribution in [-0.4, -0.2) is 48.3 Å². The van der Waals surface area contributed by atoms with Crippen molar-refractivity contribution in [3.63, 3.8) is 0 Å². The van der Waals surface area contributed by atoms with Crippen molar-refractivity contribution >= 4 is 23.3 Å². The molecule has 0 unspecified atom stereocenters. The summed E-state index contributed by atoms with van der Waals surface area (Å²) >= 11 is 0. The van der Waals surface area contributed by atoms with Crippen molar-refractivity contribution in [2.24, 2.45) is 11.8 Å². The lowest BCUT2D eigenvalue weighted by molar-refractivity contribution is -0.143. The quantitative estimate of drug-likeness (QED) is 0.201. The van der Waals surface area contributed by atoms with E-state index in [1.54, 1.807) is 55.5 Å². The molecule has 2 saturated heterocycles. The van der Waals surface area contributed by atoms with E-state index in [4.69, 9.17) is 10.2 Å². The van der Waals surface area contributed by atoms with Gasteiger partial charge in [-0.15, -0.1) is 0 Å². The maximum Gasteiger partial charge on any atom is 0.416 e. The van der Waals surface area contributed by atoms with Crippen molar-refractivity contribution in [2.45, 2.75) is 19.3 Å². The molecule has 48 heavy (non-hydrogen) atoms. The van der Waals surface area contributed by atoms with Crippen LogP contribution in [0, 0.1) is 24.6 Å². The monoisotopic (exact) mass is 674 g/mol. The lowest BCUT2D eigenvalue weighted by Gasteiger charge is -2.38. The summed E-state index contributed by atoms with van der Waals surface area (Å²) in [6, 6.07) is 20.2. The van der Waals surface area contributed by atoms with Gasteiger partial charge in [-0.2, -0.15) is 26.3 Å². The summed E-state index contributed by atoms with van der Waals surface area (Å²) in [5.41, 5.74) is 2.09. The summed E-state index contributed by atoms with van der Waals surface area (Å²) in [6.07, 6.45) is -9.01. The van der Waals surface area contributed by atoms with Crippen LogP contribution >= 0.6 is 0 Å². The van der Waals surface area contributed by atoms with E-state index < -0.39 is 47.2 Å². The highest BCUT2D eigenvalue weighted by molar-refractivity contribution is 5.77. The van der Waals surface area contributed by atoms with Crippen LogP contribution in [0.4, 0.5) is 42.1 Å². The van der Waals surface area contributed by atoms with E-state index in [0.717, 1.165) is 30.0 Å². The molecule has 0 spiro atoms. The molecule has 0 bridgehead atoms. The molecule has 2 aliphatic rings. The molecule has 4 aromatic carbocycles. The number of nitrogens with zero attached hydrogens (tertiary/aromatic N) is 2. The molecule has 0 aliphatic carbocycles. The summed E-state index contributed by atoms with van der Waals surface area (Å²) in [5, 5.41) is 17.8. The second kappa shape index (κ2) is 13.2. The molecule has 0 radical (unpaired) electrons. The van der Waals surface area contributed by atoms with Gasteiger partial charge in [0.05, 0.1) is 23.0 Å². The third-order valence-electron chi connectivity index (χ3n) is 8.18. The Bertz CT molecular complexity index is 1700. The largest absolute Gasteiger partial charge is 0.481 e. The van der Waals surface area contributed by atoms with Crippen LogP contribution < -0.4 is 9.80 Å². The number of carboxylic acids is 2. The molecule has 13 heteroatoms. The number of carboxylic acid groups (broad SMARTS) is 2. The molecule has 6 rings (SSSR count). The Morgan fingerprint density at radius 2 is 1.02 bits per heavy atom. The molecule has 0 atom stereocenters. The Morgan fingerprint density at radius 3 is 1.44 bits per heavy atom. The summed E-state index contributed by atoms with van der Waals surface area (Å²) in [7, 11) is 0. The molecule has 252 valence electrons. The molecular formula is C35H29F7N2O4. The fourth-order valence-corrected chi connectivity index (χ4v) is 5.49. The second-order valence-electron chi connectivity index (χ2n) is 11.8. The van der Waals surface area contributed by atoms with Gasteiger partial charge in [0.2, 0.25) is 0 Å². The molecule has 2 fully saturated rings. The number of benzene rings is 4. The summed E-state index contributed by atoms with van der Waals surface area (Å²) in [4.78, 5) is 25.4. The van der Waals surface area contributed by atoms with Gasteiger partial charge in [-0.1, -0.05) is 30.3 Å². The minimum absolute atomic E-state index is 0.125. The number of halogens is 7. The third-order valence-corrected chi connectivity index (χ3v) is 8.18. The van der Waals surface area contributed by atoms with Gasteiger partial charge in [0.25, 0.3) is 0 Å². The lowest BCUT2D eigenvalue weighted by Crippen LogP contribution is -2.50. The Kier molecular flexibility index (Phi) is 9.43. The number of hydrogen-bond donors (Lipinski definition) is 2. The average molecular weight is 675 g/mol. The van der Waals surface area contributed by atoms with Gasteiger partial charge in [-0.25, -0.2) is 4.39 Å². The highest BCUT2D eigenvalue weighted by atomic mass is 19.4. The number of carbonyl (C=O) groups is 2. The van der Waals surface area contributed by atoms with Crippen LogP contribution in [-0.2, 0) is 21.9 Å². The highest BCUT2D eigenvalue weighted by Gasteiger charge is 2.35. The number of aryl methyl sites for hydroxylation is 1. The van der Waals surface area contributed by atoms with Crippen LogP contribution in [0.2, 0.25) is 0 Å². The first-order valence-corrected chi connectivity index (χ1v) is 14.7. The Morgan fingerprint density at radius 1 is 0.604 bits per heavy atom. The number of alkyl halides is 6. The van der Waals surface area contributed by atoms with Crippen molar-refractivity contribution in [3.8, 4) is 22.3 Å². The Balaban J connectivity index is 0.000000188. The van der Waals surface area contributed by atoms with Crippen molar-refractivity contribution in [1.82, 2.24) is 0 Å². The first-order valence-electron chi connectivity index (χ1n) is 14.7. The molecule has 4 aromatic rings. The summed E-state index contributed by atoms with van der Waals surface area (Å²) < 4.78 is 91.0. The maximum absolute atomic E-state index is 13.5. The highest BCUT2D eigenvalue weighted by Crippen LogP contribution is 2.36. The number of rotatable bonds is 6. The molecule has 0 aromatic heterocycles. The van der Waals surface area contributed by atoms with E-state index in [1.807, 2.05) is 15.9 Å². The van der Waals surface area contributed by atoms with Gasteiger partial charge in [0.1, 0.15) is 5.82 Å². The topological polar surface area (TPSA) is 81.1 Å². The fourth-order valence-electron chi connectivity index (χ4n) is 5.49. The normalized spacial score (nSPS) is 15.2. The molecular weight excluding hydrogens is 645 g/mol. The van der Waals surface area contributed by atoms with Crippen LogP contribution in [0.15, 0.2) is 84.9 Å². The number of aliphatic carboxylic acids is 2. The molecule has 2 aliphatic heterocycles. The van der Waals surface area contributed by atoms with Crippen molar-refractivity contribution in [2.75, 3.05) is 36.0 Å². The van der Waals surface area contributed by atoms with Crippen LogP contribution in [0.3, 0.4) is 0 Å². The Hall–Kier alpha value is -5.07. The summed E-state index contributed by atoms with van der Waals surface area (Å²) in [6.45, 7) is 3.15. The zero-order valence-electron chi connectivity index (χ0n) is 25.3. The molecule has 0 amide bonds. The van der Waals surface area contributed by atoms with Crippen LogP contribution in [0.25, 0.3) is 22.3 Å². The SMILES string of the molecule is Cc1cc(-c2cccc(N3CC(C(=O)O)C3)c2)cc(C(F)(F)F)c1.O=C(O)C1CN(c2cccc(-c3cc(F)cc(C(F)(F)F)c3)c2)C1. The molecule has 6 nitrogen and oxygen atoms in total. The predicted octanol–water partition coefficient (Wildman–Crippen LogP) is 8.23. The predicted molar refractivity (Wildman–Crippen MR) is 165 cm³/mol. The number of hydrogen-bond acceptors (Lipinski definition) is 4. The van der Waals surface area contributed by atoms with Gasteiger partial charge < -0.3 is 20.0 Å². The van der Waals surface area contributed by atoms with Crippen molar-refractivity contribution < 1.29 is 50.5 Å². The van der Waals surface area contributed by atoms with E-state index in [9.17, 15) is 40.3 Å². The molecule has 2 heterocycles. The van der Waals surface area contributed by atoms with Gasteiger partial charge in [0.15, 0.2) is 0 Å². The van der Waals surface area contributed by atoms with Crippen molar-refractivity contribution in [1.29, 1.82) is 0 Å². The standard InChI is InChI=1S/C18H16F3NO2.C17H13F4NO2/c1-11-5-13(7-15(6-11)18(19,20)21)12-3-2-4-16(8-12)22-9-14(10-22)17(23)24;18-14-5-11(4-13(7-14)17(19,20)21)10-2-1-3-15(6-10)22-8-12(9-22)16(23)24/h2-8,14H,9-10H2,1H3,(H,23,24);1-7,12H,8-9H2,(H,23,24). The molecule has 2 N–H and O–H groups in total. The van der Waals surface area contributed by atoms with Crippen LogP contribution in [0.5, 0.6) is 0 Å². The Labute approximate surface area is 270 Å². The lowest BCUT2D eigenvalue weighted by atomic mass is 9.96. The van der Waals surface area contributed by atoms with E-state index in [1.165, 1.54) is 0 Å². The third kappa shape index (κ3) is 7.89. The smallest absolute Gasteiger partial charge is 0.416 e. The minimum atomic E-state index is -4.62. The first-order chi connectivity index (χ1) is 22.5. The van der Waals surface area contributed by atoms with Gasteiger partial charge in [-0.3, -0.25) is 9.59 Å². The number of anilines is 2. The van der Waals surface area contributed by atoms with E-state index in [0.29, 0.717) is 60.2 Å². The van der Waals surface area contributed by atoms with Crippen LogP contribution in [0.1, 0.15) is 16.7 Å². The molecule has 0 saturated carbocycles. The van der Waals surface area contributed by atoms with E-state index in [-0.39, 0.29) is 11.5 Å². The zero-order valence-corrected chi connectivity index (χ0v) is 25.3. The van der Waals surface area contributed by atoms with Gasteiger partial charge >= 0.3 is 24.3 Å². The fraction of sp³-hybridized carbons (Fsp3) is 0.257.